The van der Waals surface area contributed by atoms with Crippen LogP contribution in [-0.4, -0.2) is 29.0 Å². The van der Waals surface area contributed by atoms with Crippen LogP contribution in [0.25, 0.3) is 0 Å². The van der Waals surface area contributed by atoms with Gasteiger partial charge in [0.2, 0.25) is 5.91 Å². The van der Waals surface area contributed by atoms with Crippen LogP contribution in [0.15, 0.2) is 6.07 Å². The van der Waals surface area contributed by atoms with Gasteiger partial charge in [0.05, 0.1) is 11.0 Å². The minimum atomic E-state index is -0.521. The van der Waals surface area contributed by atoms with Crippen molar-refractivity contribution in [2.45, 2.75) is 27.2 Å². The summed E-state index contributed by atoms with van der Waals surface area (Å²) < 4.78 is 0. The number of hydrogen-bond donors (Lipinski definition) is 2. The molecule has 108 valence electrons. The van der Waals surface area contributed by atoms with Crippen molar-refractivity contribution in [2.24, 2.45) is 16.9 Å². The highest BCUT2D eigenvalue weighted by Crippen LogP contribution is 2.34. The summed E-state index contributed by atoms with van der Waals surface area (Å²) in [6.07, 6.45) is 0.716. The number of carbonyl (C=O) groups excluding carboxylic acids is 1. The zero-order chi connectivity index (χ0) is 15.1. The zero-order valence-electron chi connectivity index (χ0n) is 12.1. The molecule has 20 heavy (non-hydrogen) atoms. The summed E-state index contributed by atoms with van der Waals surface area (Å²) in [5.41, 5.74) is 13.5. The number of aromatic nitrogens is 1. The molecule has 1 aliphatic heterocycles. The highest BCUT2D eigenvalue weighted by Gasteiger charge is 2.40. The van der Waals surface area contributed by atoms with E-state index in [4.69, 9.17) is 23.7 Å². The van der Waals surface area contributed by atoms with Gasteiger partial charge in [0, 0.05) is 18.8 Å². The summed E-state index contributed by atoms with van der Waals surface area (Å²) in [6.45, 7) is 7.07. The number of thiocarbonyl (C=S) groups is 1. The highest BCUT2D eigenvalue weighted by molar-refractivity contribution is 7.80. The van der Waals surface area contributed by atoms with Crippen molar-refractivity contribution < 1.29 is 4.79 Å². The Balaban J connectivity index is 2.44. The highest BCUT2D eigenvalue weighted by atomic mass is 32.1. The number of rotatable bonds is 3. The number of hydrogen-bond acceptors (Lipinski definition) is 4. The standard InChI is InChI=1S/C14H20N4OS/c1-8-6-9(2)17-12(10(8)11(15)20)18-5-4-14(3,7-18)13(16)19/h6H,4-5,7H2,1-3H3,(H2,15,20)(H2,16,19). The third kappa shape index (κ3) is 2.47. The number of pyridine rings is 1. The summed E-state index contributed by atoms with van der Waals surface area (Å²) >= 11 is 5.14. The van der Waals surface area contributed by atoms with Crippen molar-refractivity contribution in [2.75, 3.05) is 18.0 Å². The largest absolute Gasteiger partial charge is 0.389 e. The fourth-order valence-electron chi connectivity index (χ4n) is 2.69. The van der Waals surface area contributed by atoms with Crippen LogP contribution in [0.1, 0.15) is 30.2 Å². The molecule has 0 aromatic carbocycles. The maximum Gasteiger partial charge on any atom is 0.225 e. The van der Waals surface area contributed by atoms with Gasteiger partial charge in [0.15, 0.2) is 0 Å². The zero-order valence-corrected chi connectivity index (χ0v) is 12.9. The van der Waals surface area contributed by atoms with Crippen LogP contribution >= 0.6 is 12.2 Å². The number of anilines is 1. The number of amides is 1. The van der Waals surface area contributed by atoms with Gasteiger partial charge in [-0.25, -0.2) is 4.98 Å². The molecule has 5 nitrogen and oxygen atoms in total. The van der Waals surface area contributed by atoms with Crippen LogP contribution < -0.4 is 16.4 Å². The van der Waals surface area contributed by atoms with Gasteiger partial charge >= 0.3 is 0 Å². The van der Waals surface area contributed by atoms with Gasteiger partial charge in [-0.1, -0.05) is 12.2 Å². The fraction of sp³-hybridized carbons (Fsp3) is 0.500. The molecular weight excluding hydrogens is 272 g/mol. The third-order valence-corrected chi connectivity index (χ3v) is 4.14. The van der Waals surface area contributed by atoms with E-state index in [1.54, 1.807) is 0 Å². The lowest BCUT2D eigenvalue weighted by Crippen LogP contribution is -2.37. The van der Waals surface area contributed by atoms with Crippen molar-refractivity contribution in [1.82, 2.24) is 4.98 Å². The van der Waals surface area contributed by atoms with E-state index >= 15 is 0 Å². The van der Waals surface area contributed by atoms with Crippen molar-refractivity contribution in [3.8, 4) is 0 Å². The number of primary amides is 1. The molecule has 2 heterocycles. The van der Waals surface area contributed by atoms with Gasteiger partial charge in [0.1, 0.15) is 10.8 Å². The molecule has 0 saturated carbocycles. The van der Waals surface area contributed by atoms with Crippen LogP contribution in [0.5, 0.6) is 0 Å². The van der Waals surface area contributed by atoms with Gasteiger partial charge in [-0.15, -0.1) is 0 Å². The lowest BCUT2D eigenvalue weighted by Gasteiger charge is -2.24. The van der Waals surface area contributed by atoms with Crippen molar-refractivity contribution in [3.63, 3.8) is 0 Å². The smallest absolute Gasteiger partial charge is 0.225 e. The maximum atomic E-state index is 11.6. The SMILES string of the molecule is Cc1cc(C)c(C(N)=S)c(N2CCC(C)(C(N)=O)C2)n1. The van der Waals surface area contributed by atoms with Crippen molar-refractivity contribution in [3.05, 3.63) is 22.9 Å². The lowest BCUT2D eigenvalue weighted by atomic mass is 9.89. The normalized spacial score (nSPS) is 22.1. The first kappa shape index (κ1) is 14.7. The van der Waals surface area contributed by atoms with Crippen LogP contribution in [-0.2, 0) is 4.79 Å². The minimum absolute atomic E-state index is 0.277. The molecule has 0 radical (unpaired) electrons. The average molecular weight is 292 g/mol. The molecule has 1 saturated heterocycles. The second-order valence-corrected chi connectivity index (χ2v) is 6.18. The fourth-order valence-corrected chi connectivity index (χ4v) is 2.95. The molecule has 0 spiro atoms. The Labute approximate surface area is 124 Å². The van der Waals surface area contributed by atoms with E-state index < -0.39 is 5.41 Å². The molecule has 4 N–H and O–H groups in total. The monoisotopic (exact) mass is 292 g/mol. The summed E-state index contributed by atoms with van der Waals surface area (Å²) in [4.78, 5) is 18.5. The van der Waals surface area contributed by atoms with E-state index in [1.165, 1.54) is 0 Å². The predicted molar refractivity (Wildman–Crippen MR) is 83.7 cm³/mol. The molecule has 6 heteroatoms. The van der Waals surface area contributed by atoms with E-state index in [1.807, 2.05) is 26.8 Å². The molecule has 1 unspecified atom stereocenters. The topological polar surface area (TPSA) is 85.2 Å². The summed E-state index contributed by atoms with van der Waals surface area (Å²) in [5, 5.41) is 0. The second-order valence-electron chi connectivity index (χ2n) is 5.74. The Kier molecular flexibility index (Phi) is 3.69. The number of nitrogens with zero attached hydrogens (tertiary/aromatic N) is 2. The quantitative estimate of drug-likeness (QED) is 0.813. The van der Waals surface area contributed by atoms with Gasteiger partial charge in [-0.2, -0.15) is 0 Å². The predicted octanol–water partition coefficient (Wildman–Crippen LogP) is 1.03. The molecule has 0 aliphatic carbocycles. The first-order valence-electron chi connectivity index (χ1n) is 6.57. The van der Waals surface area contributed by atoms with Crippen molar-refractivity contribution >= 4 is 28.9 Å². The molecule has 2 rings (SSSR count). The molecule has 1 aromatic rings. The molecule has 1 fully saturated rings. The first-order valence-corrected chi connectivity index (χ1v) is 6.98. The van der Waals surface area contributed by atoms with E-state index in [2.05, 4.69) is 9.88 Å². The molecular formula is C14H20N4OS. The van der Waals surface area contributed by atoms with Gasteiger partial charge in [0.25, 0.3) is 0 Å². The first-order chi connectivity index (χ1) is 9.24. The van der Waals surface area contributed by atoms with Crippen LogP contribution in [0.2, 0.25) is 0 Å². The van der Waals surface area contributed by atoms with Gasteiger partial charge in [-0.05, 0) is 38.8 Å². The van der Waals surface area contributed by atoms with E-state index in [0.717, 1.165) is 29.2 Å². The Hall–Kier alpha value is -1.69. The summed E-state index contributed by atoms with van der Waals surface area (Å²) in [6, 6.07) is 1.96. The summed E-state index contributed by atoms with van der Waals surface area (Å²) in [5.74, 6) is 0.487. The number of carbonyl (C=O) groups is 1. The van der Waals surface area contributed by atoms with E-state index in [0.29, 0.717) is 18.0 Å². The lowest BCUT2D eigenvalue weighted by molar-refractivity contribution is -0.125. The molecule has 1 atom stereocenters. The van der Waals surface area contributed by atoms with Crippen molar-refractivity contribution in [1.29, 1.82) is 0 Å². The molecule has 1 aromatic heterocycles. The van der Waals surface area contributed by atoms with Gasteiger partial charge < -0.3 is 16.4 Å². The maximum absolute atomic E-state index is 11.6. The van der Waals surface area contributed by atoms with Crippen LogP contribution in [0.4, 0.5) is 5.82 Å². The summed E-state index contributed by atoms with van der Waals surface area (Å²) in [7, 11) is 0. The minimum Gasteiger partial charge on any atom is -0.389 e. The Morgan fingerprint density at radius 2 is 2.10 bits per heavy atom. The average Bonchev–Trinajstić information content (AvgIpc) is 2.71. The van der Waals surface area contributed by atoms with Crippen LogP contribution in [0.3, 0.4) is 0 Å². The van der Waals surface area contributed by atoms with E-state index in [9.17, 15) is 4.79 Å². The van der Waals surface area contributed by atoms with Gasteiger partial charge in [-0.3, -0.25) is 4.79 Å². The molecule has 1 aliphatic rings. The number of nitrogens with two attached hydrogens (primary N) is 2. The van der Waals surface area contributed by atoms with Crippen LogP contribution in [0, 0.1) is 19.3 Å². The Bertz CT molecular complexity index is 587. The molecule has 0 bridgehead atoms. The Morgan fingerprint density at radius 1 is 1.45 bits per heavy atom. The third-order valence-electron chi connectivity index (χ3n) is 3.94. The number of aryl methyl sites for hydroxylation is 2. The van der Waals surface area contributed by atoms with E-state index in [-0.39, 0.29) is 5.91 Å². The Morgan fingerprint density at radius 3 is 2.60 bits per heavy atom. The molecule has 1 amide bonds. The second kappa shape index (κ2) is 5.01.